The summed E-state index contributed by atoms with van der Waals surface area (Å²) in [4.78, 5) is 47.2. The molecule has 2 atom stereocenters. The minimum Gasteiger partial charge on any atom is -0.497 e. The third-order valence-electron chi connectivity index (χ3n) is 4.70. The Morgan fingerprint density at radius 2 is 1.94 bits per heavy atom. The second-order valence-electron chi connectivity index (χ2n) is 7.23. The maximum Gasteiger partial charge on any atom is 0.336 e. The zero-order chi connectivity index (χ0) is 23.0. The van der Waals surface area contributed by atoms with Crippen LogP contribution < -0.4 is 32.5 Å². The fourth-order valence-corrected chi connectivity index (χ4v) is 3.01. The summed E-state index contributed by atoms with van der Waals surface area (Å²) < 4.78 is 10.3. The zero-order valence-electron chi connectivity index (χ0n) is 17.6. The van der Waals surface area contributed by atoms with Crippen LogP contribution in [0.15, 0.2) is 33.5 Å². The minimum absolute atomic E-state index is 0.0167. The number of rotatable bonds is 11. The molecule has 1 heterocycles. The lowest BCUT2D eigenvalue weighted by atomic mass is 10.1. The quantitative estimate of drug-likeness (QED) is 0.285. The topological polar surface area (TPSA) is 167 Å². The number of ether oxygens (including phenoxy) is 1. The molecule has 0 unspecified atom stereocenters. The van der Waals surface area contributed by atoms with Crippen molar-refractivity contribution in [3.63, 3.8) is 0 Å². The third-order valence-corrected chi connectivity index (χ3v) is 4.70. The number of amides is 3. The Bertz CT molecular complexity index is 1000. The van der Waals surface area contributed by atoms with Crippen LogP contribution in [0.4, 0.5) is 0 Å². The summed E-state index contributed by atoms with van der Waals surface area (Å²) in [7, 11) is 1.51. The molecule has 10 nitrogen and oxygen atoms in total. The van der Waals surface area contributed by atoms with Crippen LogP contribution in [0.3, 0.4) is 0 Å². The minimum atomic E-state index is -0.805. The summed E-state index contributed by atoms with van der Waals surface area (Å²) in [5, 5.41) is 5.94. The highest BCUT2D eigenvalue weighted by atomic mass is 16.5. The summed E-state index contributed by atoms with van der Waals surface area (Å²) in [5.41, 5.74) is 11.1. The van der Waals surface area contributed by atoms with Gasteiger partial charge in [-0.15, -0.1) is 0 Å². The van der Waals surface area contributed by atoms with Gasteiger partial charge in [0, 0.05) is 24.1 Å². The van der Waals surface area contributed by atoms with Crippen LogP contribution in [-0.4, -0.2) is 43.5 Å². The van der Waals surface area contributed by atoms with Crippen LogP contribution >= 0.6 is 0 Å². The number of fused-ring (bicyclic) bond motifs is 1. The SMILES string of the molecule is COc1ccc2c(CC(=O)NCCCC[C@H](NC(=O)[C@H](C)N)C(N)=O)cc(=O)oc2c1. The number of unbranched alkanes of at least 4 members (excludes halogenated alkanes) is 1. The van der Waals surface area contributed by atoms with E-state index in [-0.39, 0.29) is 12.3 Å². The first kappa shape index (κ1) is 23.9. The molecule has 0 saturated heterocycles. The second-order valence-corrected chi connectivity index (χ2v) is 7.23. The van der Waals surface area contributed by atoms with Crippen LogP contribution in [0, 0.1) is 0 Å². The van der Waals surface area contributed by atoms with Gasteiger partial charge in [-0.25, -0.2) is 4.79 Å². The molecule has 0 aliphatic rings. The first-order valence-corrected chi connectivity index (χ1v) is 9.94. The molecule has 0 saturated carbocycles. The Hall–Kier alpha value is -3.40. The van der Waals surface area contributed by atoms with Crippen LogP contribution in [0.25, 0.3) is 11.0 Å². The molecular weight excluding hydrogens is 404 g/mol. The molecule has 0 bridgehead atoms. The molecule has 3 amide bonds. The maximum absolute atomic E-state index is 12.3. The molecule has 1 aromatic heterocycles. The molecule has 0 aliphatic carbocycles. The lowest BCUT2D eigenvalue weighted by molar-refractivity contribution is -0.128. The first-order valence-electron chi connectivity index (χ1n) is 9.94. The number of primary amides is 1. The average Bonchev–Trinajstić information content (AvgIpc) is 2.71. The number of carbonyl (C=O) groups is 3. The van der Waals surface area contributed by atoms with Crippen LogP contribution in [0.5, 0.6) is 5.75 Å². The Balaban J connectivity index is 1.85. The lowest BCUT2D eigenvalue weighted by Gasteiger charge is -2.16. The van der Waals surface area contributed by atoms with E-state index in [0.717, 1.165) is 0 Å². The molecule has 0 radical (unpaired) electrons. The van der Waals surface area contributed by atoms with Crippen LogP contribution in [-0.2, 0) is 20.8 Å². The number of nitrogens with two attached hydrogens (primary N) is 2. The summed E-state index contributed by atoms with van der Waals surface area (Å²) >= 11 is 0. The molecule has 0 aliphatic heterocycles. The second kappa shape index (κ2) is 11.1. The maximum atomic E-state index is 12.3. The van der Waals surface area contributed by atoms with Gasteiger partial charge in [0.15, 0.2) is 0 Å². The normalized spacial score (nSPS) is 12.7. The van der Waals surface area contributed by atoms with E-state index in [1.54, 1.807) is 18.2 Å². The molecule has 168 valence electrons. The van der Waals surface area contributed by atoms with Gasteiger partial charge < -0.3 is 31.3 Å². The molecule has 0 spiro atoms. The number of hydrogen-bond acceptors (Lipinski definition) is 7. The van der Waals surface area contributed by atoms with Gasteiger partial charge >= 0.3 is 5.63 Å². The first-order chi connectivity index (χ1) is 14.7. The van der Waals surface area contributed by atoms with Crippen LogP contribution in [0.1, 0.15) is 31.7 Å². The van der Waals surface area contributed by atoms with E-state index in [0.29, 0.717) is 48.1 Å². The van der Waals surface area contributed by atoms with E-state index in [4.69, 9.17) is 20.6 Å². The van der Waals surface area contributed by atoms with Crippen LogP contribution in [0.2, 0.25) is 0 Å². The molecule has 2 rings (SSSR count). The molecule has 1 aromatic carbocycles. The van der Waals surface area contributed by atoms with Crippen molar-refractivity contribution in [3.05, 3.63) is 40.2 Å². The van der Waals surface area contributed by atoms with E-state index in [9.17, 15) is 19.2 Å². The predicted molar refractivity (Wildman–Crippen MR) is 114 cm³/mol. The summed E-state index contributed by atoms with van der Waals surface area (Å²) in [5.74, 6) is -0.790. The van der Waals surface area contributed by atoms with Gasteiger partial charge in [0.2, 0.25) is 17.7 Å². The smallest absolute Gasteiger partial charge is 0.336 e. The van der Waals surface area contributed by atoms with Gasteiger partial charge in [-0.2, -0.15) is 0 Å². The van der Waals surface area contributed by atoms with Gasteiger partial charge in [0.05, 0.1) is 19.6 Å². The Morgan fingerprint density at radius 3 is 2.58 bits per heavy atom. The van der Waals surface area contributed by atoms with E-state index in [1.165, 1.54) is 20.1 Å². The molecule has 0 fully saturated rings. The van der Waals surface area contributed by atoms with Crippen molar-refractivity contribution in [1.29, 1.82) is 0 Å². The van der Waals surface area contributed by atoms with E-state index < -0.39 is 29.5 Å². The van der Waals surface area contributed by atoms with Crippen molar-refractivity contribution in [2.75, 3.05) is 13.7 Å². The highest BCUT2D eigenvalue weighted by Crippen LogP contribution is 2.22. The largest absolute Gasteiger partial charge is 0.497 e. The molecule has 6 N–H and O–H groups in total. The highest BCUT2D eigenvalue weighted by Gasteiger charge is 2.19. The van der Waals surface area contributed by atoms with Crippen molar-refractivity contribution in [3.8, 4) is 5.75 Å². The zero-order valence-corrected chi connectivity index (χ0v) is 17.6. The predicted octanol–water partition coefficient (Wildman–Crippen LogP) is -0.0521. The van der Waals surface area contributed by atoms with Crippen molar-refractivity contribution in [2.24, 2.45) is 11.5 Å². The van der Waals surface area contributed by atoms with Crippen molar-refractivity contribution in [1.82, 2.24) is 10.6 Å². The monoisotopic (exact) mass is 432 g/mol. The average molecular weight is 432 g/mol. The summed E-state index contributed by atoms with van der Waals surface area (Å²) in [6, 6.07) is 4.81. The number of hydrogen-bond donors (Lipinski definition) is 4. The summed E-state index contributed by atoms with van der Waals surface area (Å²) in [6.45, 7) is 1.89. The Kier molecular flexibility index (Phi) is 8.56. The summed E-state index contributed by atoms with van der Waals surface area (Å²) in [6.07, 6.45) is 1.50. The van der Waals surface area contributed by atoms with E-state index in [1.807, 2.05) is 0 Å². The third kappa shape index (κ3) is 7.10. The fraction of sp³-hybridized carbons (Fsp3) is 0.429. The number of carbonyl (C=O) groups excluding carboxylic acids is 3. The Morgan fingerprint density at radius 1 is 1.19 bits per heavy atom. The molecule has 31 heavy (non-hydrogen) atoms. The van der Waals surface area contributed by atoms with Crippen molar-refractivity contribution >= 4 is 28.7 Å². The van der Waals surface area contributed by atoms with Gasteiger partial charge in [0.25, 0.3) is 0 Å². The fourth-order valence-electron chi connectivity index (χ4n) is 3.01. The molecule has 10 heteroatoms. The molecule has 2 aromatic rings. The number of benzene rings is 1. The van der Waals surface area contributed by atoms with Gasteiger partial charge in [-0.3, -0.25) is 14.4 Å². The van der Waals surface area contributed by atoms with E-state index >= 15 is 0 Å². The van der Waals surface area contributed by atoms with Gasteiger partial charge in [0.1, 0.15) is 17.4 Å². The van der Waals surface area contributed by atoms with Gasteiger partial charge in [-0.05, 0) is 43.9 Å². The standard InChI is InChI=1S/C21H28N4O6/c1-12(22)21(29)25-16(20(23)28)5-3-4-8-24-18(26)9-13-10-19(27)31-17-11-14(30-2)6-7-15(13)17/h6-7,10-12,16H,3-5,8-9,22H2,1-2H3,(H2,23,28)(H,24,26)(H,25,29)/t12-,16-/m0/s1. The highest BCUT2D eigenvalue weighted by molar-refractivity contribution is 5.89. The number of methoxy groups -OCH3 is 1. The molecular formula is C21H28N4O6. The lowest BCUT2D eigenvalue weighted by Crippen LogP contribution is -2.49. The van der Waals surface area contributed by atoms with Gasteiger partial charge in [-0.1, -0.05) is 0 Å². The van der Waals surface area contributed by atoms with E-state index in [2.05, 4.69) is 10.6 Å². The van der Waals surface area contributed by atoms with Crippen molar-refractivity contribution < 1.29 is 23.5 Å². The Labute approximate surface area is 179 Å². The number of nitrogens with one attached hydrogen (secondary N) is 2. The van der Waals surface area contributed by atoms with Crippen molar-refractivity contribution in [2.45, 2.75) is 44.7 Å².